The van der Waals surface area contributed by atoms with Crippen molar-refractivity contribution in [2.24, 2.45) is 5.92 Å². The predicted octanol–water partition coefficient (Wildman–Crippen LogP) is 5.71. The predicted molar refractivity (Wildman–Crippen MR) is 129 cm³/mol. The molecule has 0 bridgehead atoms. The maximum absolute atomic E-state index is 14.1. The van der Waals surface area contributed by atoms with E-state index in [1.54, 1.807) is 12.1 Å². The van der Waals surface area contributed by atoms with Gasteiger partial charge in [-0.3, -0.25) is 0 Å². The quantitative estimate of drug-likeness (QED) is 0.261. The molecule has 0 amide bonds. The Bertz CT molecular complexity index is 970. The molecule has 0 saturated heterocycles. The van der Waals surface area contributed by atoms with Gasteiger partial charge in [0.1, 0.15) is 10.5 Å². The minimum atomic E-state index is -0.281. The molecule has 10 heteroatoms. The summed E-state index contributed by atoms with van der Waals surface area (Å²) in [4.78, 5) is 13.3. The van der Waals surface area contributed by atoms with Gasteiger partial charge in [-0.25, -0.2) is 19.3 Å². The fourth-order valence-electron chi connectivity index (χ4n) is 2.71. The number of fused-ring (bicyclic) bond motifs is 1. The van der Waals surface area contributed by atoms with Crippen LogP contribution in [0.2, 0.25) is 0 Å². The van der Waals surface area contributed by atoms with Crippen LogP contribution in [0.1, 0.15) is 39.7 Å². The molecule has 1 aromatic carbocycles. The van der Waals surface area contributed by atoms with Crippen molar-refractivity contribution in [2.75, 3.05) is 17.7 Å². The maximum Gasteiger partial charge on any atom is 0.191 e. The van der Waals surface area contributed by atoms with E-state index in [2.05, 4.69) is 50.0 Å². The van der Waals surface area contributed by atoms with Crippen LogP contribution in [-0.2, 0) is 5.75 Å². The van der Waals surface area contributed by atoms with Gasteiger partial charge >= 0.3 is 0 Å². The molecule has 0 fully saturated rings. The van der Waals surface area contributed by atoms with Gasteiger partial charge in [0.2, 0.25) is 0 Å². The van der Waals surface area contributed by atoms with E-state index in [1.807, 2.05) is 13.8 Å². The molecule has 0 aliphatic carbocycles. The summed E-state index contributed by atoms with van der Waals surface area (Å²) in [5.74, 6) is 1.12. The molecule has 2 aromatic heterocycles. The fourth-order valence-corrected chi connectivity index (χ4v) is 4.59. The third-order valence-corrected chi connectivity index (χ3v) is 6.21. The summed E-state index contributed by atoms with van der Waals surface area (Å²) in [6, 6.07) is 4.83. The van der Waals surface area contributed by atoms with Crippen LogP contribution in [-0.4, -0.2) is 32.7 Å². The van der Waals surface area contributed by atoms with E-state index < -0.39 is 0 Å². The smallest absolute Gasteiger partial charge is 0.191 e. The number of rotatable bonds is 8. The molecular formula is C20H27BrFN5OS2. The van der Waals surface area contributed by atoms with Crippen molar-refractivity contribution >= 4 is 60.3 Å². The molecule has 2 heterocycles. The van der Waals surface area contributed by atoms with Gasteiger partial charge in [0, 0.05) is 10.2 Å². The van der Waals surface area contributed by atoms with E-state index in [0.29, 0.717) is 43.5 Å². The zero-order valence-electron chi connectivity index (χ0n) is 17.4. The molecule has 0 aliphatic rings. The Labute approximate surface area is 193 Å². The molecular weight excluding hydrogens is 489 g/mol. The number of halogens is 2. The molecule has 0 aliphatic heterocycles. The number of aromatic nitrogens is 3. The first-order valence-corrected chi connectivity index (χ1v) is 12.3. The monoisotopic (exact) mass is 515 g/mol. The molecule has 0 radical (unpaired) electrons. The number of benzene rings is 1. The average molecular weight is 517 g/mol. The highest BCUT2D eigenvalue weighted by molar-refractivity contribution is 9.10. The second-order valence-electron chi connectivity index (χ2n) is 6.74. The number of nitrogens with two attached hydrogens (primary N) is 1. The number of nitrogen functional groups attached to an aromatic ring is 1. The second-order valence-corrected chi connectivity index (χ2v) is 9.63. The van der Waals surface area contributed by atoms with Gasteiger partial charge in [-0.1, -0.05) is 72.8 Å². The highest BCUT2D eigenvalue weighted by atomic mass is 79.9. The van der Waals surface area contributed by atoms with Crippen molar-refractivity contribution < 1.29 is 9.50 Å². The van der Waals surface area contributed by atoms with Crippen molar-refractivity contribution in [3.05, 3.63) is 34.1 Å². The SMILES string of the molecule is CC.CC(C)CC(CO)Nc1nc(SCc2ccc(Br)cc2F)nc2nc(N)sc12. The molecule has 4 N–H and O–H groups in total. The van der Waals surface area contributed by atoms with Crippen LogP contribution in [0.4, 0.5) is 15.3 Å². The average Bonchev–Trinajstić information content (AvgIpc) is 3.08. The van der Waals surface area contributed by atoms with Gasteiger partial charge in [0.05, 0.1) is 12.6 Å². The van der Waals surface area contributed by atoms with Gasteiger partial charge < -0.3 is 16.2 Å². The van der Waals surface area contributed by atoms with Gasteiger partial charge in [0.25, 0.3) is 0 Å². The summed E-state index contributed by atoms with van der Waals surface area (Å²) >= 11 is 5.88. The van der Waals surface area contributed by atoms with Crippen molar-refractivity contribution in [2.45, 2.75) is 51.1 Å². The molecule has 6 nitrogen and oxygen atoms in total. The summed E-state index contributed by atoms with van der Waals surface area (Å²) in [6.45, 7) is 8.18. The summed E-state index contributed by atoms with van der Waals surface area (Å²) in [5.41, 5.74) is 6.92. The van der Waals surface area contributed by atoms with Crippen LogP contribution in [0, 0.1) is 11.7 Å². The molecule has 164 valence electrons. The Kier molecular flexibility index (Phi) is 9.73. The first-order chi connectivity index (χ1) is 14.4. The van der Waals surface area contributed by atoms with E-state index in [4.69, 9.17) is 5.73 Å². The molecule has 3 rings (SSSR count). The number of thioether (sulfide) groups is 1. The van der Waals surface area contributed by atoms with Gasteiger partial charge in [0.15, 0.2) is 21.8 Å². The van der Waals surface area contributed by atoms with Crippen molar-refractivity contribution in [3.8, 4) is 0 Å². The maximum atomic E-state index is 14.1. The van der Waals surface area contributed by atoms with Crippen LogP contribution < -0.4 is 11.1 Å². The van der Waals surface area contributed by atoms with Crippen LogP contribution in [0.25, 0.3) is 10.3 Å². The summed E-state index contributed by atoms with van der Waals surface area (Å²) in [5, 5.41) is 13.9. The second kappa shape index (κ2) is 11.8. The zero-order valence-corrected chi connectivity index (χ0v) is 20.7. The van der Waals surface area contributed by atoms with Gasteiger partial charge in [-0.15, -0.1) is 0 Å². The van der Waals surface area contributed by atoms with E-state index in [-0.39, 0.29) is 18.5 Å². The Morgan fingerprint density at radius 3 is 2.63 bits per heavy atom. The van der Waals surface area contributed by atoms with Crippen molar-refractivity contribution in [1.82, 2.24) is 15.0 Å². The van der Waals surface area contributed by atoms with Gasteiger partial charge in [-0.05, 0) is 30.0 Å². The number of hydrogen-bond donors (Lipinski definition) is 3. The summed E-state index contributed by atoms with van der Waals surface area (Å²) < 4.78 is 15.5. The van der Waals surface area contributed by atoms with E-state index in [1.165, 1.54) is 29.2 Å². The lowest BCUT2D eigenvalue weighted by Crippen LogP contribution is -2.26. The molecule has 30 heavy (non-hydrogen) atoms. The van der Waals surface area contributed by atoms with E-state index in [0.717, 1.165) is 11.1 Å². The summed E-state index contributed by atoms with van der Waals surface area (Å²) in [6.07, 6.45) is 0.795. The van der Waals surface area contributed by atoms with Crippen LogP contribution >= 0.6 is 39.0 Å². The van der Waals surface area contributed by atoms with E-state index >= 15 is 0 Å². The van der Waals surface area contributed by atoms with Crippen molar-refractivity contribution in [3.63, 3.8) is 0 Å². The number of anilines is 2. The number of aliphatic hydroxyl groups excluding tert-OH is 1. The molecule has 0 spiro atoms. The Balaban J connectivity index is 0.00000155. The van der Waals surface area contributed by atoms with Gasteiger partial charge in [-0.2, -0.15) is 0 Å². The minimum Gasteiger partial charge on any atom is -0.394 e. The molecule has 0 saturated carbocycles. The highest BCUT2D eigenvalue weighted by Crippen LogP contribution is 2.32. The fraction of sp³-hybridized carbons (Fsp3) is 0.450. The topological polar surface area (TPSA) is 97.0 Å². The lowest BCUT2D eigenvalue weighted by atomic mass is 10.0. The largest absolute Gasteiger partial charge is 0.394 e. The number of aliphatic hydroxyl groups is 1. The first-order valence-electron chi connectivity index (χ1n) is 9.74. The third-order valence-electron chi connectivity index (χ3n) is 3.94. The van der Waals surface area contributed by atoms with E-state index in [9.17, 15) is 9.50 Å². The van der Waals surface area contributed by atoms with Crippen LogP contribution in [0.5, 0.6) is 0 Å². The molecule has 1 unspecified atom stereocenters. The Morgan fingerprint density at radius 1 is 1.27 bits per heavy atom. The molecule has 3 aromatic rings. The standard InChI is InChI=1S/C18H21BrFN5OS2.C2H6/c1-9(2)5-12(7-26)22-15-14-16(23-17(21)28-14)25-18(24-15)27-8-10-3-4-11(19)6-13(10)20;1-2/h3-4,6,9,12,26H,5,7-8H2,1-2H3,(H3,21,22,23,24,25);1-2H3. The zero-order chi connectivity index (χ0) is 22.3. The normalized spacial score (nSPS) is 12.0. The Morgan fingerprint density at radius 2 is 2.00 bits per heavy atom. The van der Waals surface area contributed by atoms with Crippen LogP contribution in [0.15, 0.2) is 27.8 Å². The first kappa shape index (κ1) is 24.8. The number of nitrogens with one attached hydrogen (secondary N) is 1. The molecule has 1 atom stereocenters. The van der Waals surface area contributed by atoms with Crippen LogP contribution in [0.3, 0.4) is 0 Å². The number of hydrogen-bond acceptors (Lipinski definition) is 8. The Hall–Kier alpha value is -1.49. The highest BCUT2D eigenvalue weighted by Gasteiger charge is 2.17. The minimum absolute atomic E-state index is 0.00938. The summed E-state index contributed by atoms with van der Waals surface area (Å²) in [7, 11) is 0. The number of thiazole rings is 1. The van der Waals surface area contributed by atoms with Crippen molar-refractivity contribution in [1.29, 1.82) is 0 Å². The lowest BCUT2D eigenvalue weighted by molar-refractivity contribution is 0.259. The lowest BCUT2D eigenvalue weighted by Gasteiger charge is -2.19. The third kappa shape index (κ3) is 6.76. The number of nitrogens with zero attached hydrogens (tertiary/aromatic N) is 3.